The van der Waals surface area contributed by atoms with Crippen molar-refractivity contribution in [3.63, 3.8) is 0 Å². The molecule has 1 atom stereocenters. The maximum absolute atomic E-state index is 12.9. The van der Waals surface area contributed by atoms with Crippen LogP contribution in [0.3, 0.4) is 0 Å². The van der Waals surface area contributed by atoms with Gasteiger partial charge in [-0.1, -0.05) is 6.07 Å². The Balaban J connectivity index is 1.38. The lowest BCUT2D eigenvalue weighted by Crippen LogP contribution is -2.35. The number of carbonyl (C=O) groups excluding carboxylic acids is 2. The summed E-state index contributed by atoms with van der Waals surface area (Å²) in [6.07, 6.45) is 5.12. The van der Waals surface area contributed by atoms with Crippen LogP contribution in [0.2, 0.25) is 0 Å². The molecule has 8 nitrogen and oxygen atoms in total. The van der Waals surface area contributed by atoms with Crippen molar-refractivity contribution in [1.82, 2.24) is 19.8 Å². The summed E-state index contributed by atoms with van der Waals surface area (Å²) < 4.78 is 5.62. The number of nitrogens with one attached hydrogen (secondary N) is 1. The quantitative estimate of drug-likeness (QED) is 0.639. The third-order valence-electron chi connectivity index (χ3n) is 6.06. The predicted molar refractivity (Wildman–Crippen MR) is 122 cm³/mol. The summed E-state index contributed by atoms with van der Waals surface area (Å²) in [6, 6.07) is 7.87. The van der Waals surface area contributed by atoms with E-state index in [2.05, 4.69) is 10.3 Å². The number of aryl methyl sites for hydroxylation is 2. The molecule has 170 valence electrons. The molecule has 4 rings (SSSR count). The number of rotatable bonds is 8. The molecule has 4 heterocycles. The van der Waals surface area contributed by atoms with Crippen LogP contribution in [-0.2, 0) is 14.3 Å². The average Bonchev–Trinajstić information content (AvgIpc) is 3.42. The van der Waals surface area contributed by atoms with Gasteiger partial charge in [-0.2, -0.15) is 0 Å². The molecule has 0 radical (unpaired) electrons. The molecule has 0 aromatic carbocycles. The van der Waals surface area contributed by atoms with Gasteiger partial charge in [0.1, 0.15) is 12.4 Å². The van der Waals surface area contributed by atoms with E-state index < -0.39 is 0 Å². The van der Waals surface area contributed by atoms with Crippen molar-refractivity contribution >= 4 is 23.3 Å². The van der Waals surface area contributed by atoms with Crippen molar-refractivity contribution in [2.24, 2.45) is 0 Å². The predicted octanol–water partition coefficient (Wildman–Crippen LogP) is 3.14. The highest BCUT2D eigenvalue weighted by Gasteiger charge is 2.31. The molecule has 0 saturated carbocycles. The largest absolute Gasteiger partial charge is 0.370 e. The van der Waals surface area contributed by atoms with Crippen molar-refractivity contribution in [2.45, 2.75) is 45.6 Å². The molecule has 0 aliphatic carbocycles. The van der Waals surface area contributed by atoms with Gasteiger partial charge in [0, 0.05) is 43.6 Å². The molecule has 8 heteroatoms. The summed E-state index contributed by atoms with van der Waals surface area (Å²) in [7, 11) is 0. The standard InChI is InChI=1S/C24H31N5O3/c1-17-6-3-9-25-24(17)27-19-14-18(2)26-20(15-19)21-7-4-11-29(21)23(31)16-32-13-12-28-10-5-8-22(28)30/h3,6,9,14-15,21H,4-5,7-8,10-13,16H2,1-2H3,(H,25,26,27). The van der Waals surface area contributed by atoms with Crippen LogP contribution in [-0.4, -0.2) is 64.4 Å². The van der Waals surface area contributed by atoms with Crippen LogP contribution in [0.15, 0.2) is 30.5 Å². The van der Waals surface area contributed by atoms with E-state index in [1.165, 1.54) is 0 Å². The number of carbonyl (C=O) groups is 2. The van der Waals surface area contributed by atoms with Crippen LogP contribution in [0.1, 0.15) is 48.7 Å². The lowest BCUT2D eigenvalue weighted by atomic mass is 10.1. The summed E-state index contributed by atoms with van der Waals surface area (Å²) in [4.78, 5) is 37.4. The molecule has 2 aromatic heterocycles. The molecular formula is C24H31N5O3. The van der Waals surface area contributed by atoms with E-state index in [9.17, 15) is 9.59 Å². The minimum Gasteiger partial charge on any atom is -0.370 e. The zero-order chi connectivity index (χ0) is 22.5. The number of amides is 2. The maximum Gasteiger partial charge on any atom is 0.249 e. The van der Waals surface area contributed by atoms with Crippen LogP contribution < -0.4 is 5.32 Å². The second kappa shape index (κ2) is 10.1. The fourth-order valence-electron chi connectivity index (χ4n) is 4.42. The Morgan fingerprint density at radius 2 is 2.12 bits per heavy atom. The van der Waals surface area contributed by atoms with Crippen LogP contribution >= 0.6 is 0 Å². The van der Waals surface area contributed by atoms with Gasteiger partial charge in [-0.15, -0.1) is 0 Å². The molecule has 2 aliphatic rings. The van der Waals surface area contributed by atoms with Gasteiger partial charge in [-0.05, 0) is 56.9 Å². The van der Waals surface area contributed by atoms with Gasteiger partial charge in [0.05, 0.1) is 18.3 Å². The van der Waals surface area contributed by atoms with Crippen LogP contribution in [0.25, 0.3) is 0 Å². The first kappa shape index (κ1) is 22.2. The van der Waals surface area contributed by atoms with Crippen LogP contribution in [0.5, 0.6) is 0 Å². The van der Waals surface area contributed by atoms with Gasteiger partial charge in [-0.3, -0.25) is 14.6 Å². The summed E-state index contributed by atoms with van der Waals surface area (Å²) >= 11 is 0. The van der Waals surface area contributed by atoms with Crippen molar-refractivity contribution in [3.8, 4) is 0 Å². The van der Waals surface area contributed by atoms with Crippen molar-refractivity contribution < 1.29 is 14.3 Å². The first-order valence-electron chi connectivity index (χ1n) is 11.3. The summed E-state index contributed by atoms with van der Waals surface area (Å²) in [5.41, 5.74) is 3.76. The van der Waals surface area contributed by atoms with Gasteiger partial charge in [0.15, 0.2) is 0 Å². The van der Waals surface area contributed by atoms with Gasteiger partial charge in [0.2, 0.25) is 11.8 Å². The lowest BCUT2D eigenvalue weighted by molar-refractivity contribution is -0.137. The van der Waals surface area contributed by atoms with E-state index in [0.717, 1.165) is 54.3 Å². The molecule has 2 amide bonds. The lowest BCUT2D eigenvalue weighted by Gasteiger charge is -2.25. The Bertz CT molecular complexity index is 980. The number of ether oxygens (including phenoxy) is 1. The molecule has 2 saturated heterocycles. The number of anilines is 2. The van der Waals surface area contributed by atoms with Crippen molar-refractivity contribution in [2.75, 3.05) is 38.2 Å². The van der Waals surface area contributed by atoms with Crippen LogP contribution in [0, 0.1) is 13.8 Å². The molecule has 0 bridgehead atoms. The Morgan fingerprint density at radius 1 is 1.25 bits per heavy atom. The van der Waals surface area contributed by atoms with E-state index in [1.54, 1.807) is 11.1 Å². The number of hydrogen-bond donors (Lipinski definition) is 1. The van der Waals surface area contributed by atoms with Gasteiger partial charge in [-0.25, -0.2) is 4.98 Å². The first-order chi connectivity index (χ1) is 15.5. The minimum absolute atomic E-state index is 0.0290. The number of aromatic nitrogens is 2. The first-order valence-corrected chi connectivity index (χ1v) is 11.3. The Kier molecular flexibility index (Phi) is 6.99. The fraction of sp³-hybridized carbons (Fsp3) is 0.500. The van der Waals surface area contributed by atoms with Crippen molar-refractivity contribution in [1.29, 1.82) is 0 Å². The normalized spacial score (nSPS) is 18.4. The van der Waals surface area contributed by atoms with E-state index in [-0.39, 0.29) is 24.5 Å². The van der Waals surface area contributed by atoms with E-state index in [1.807, 2.05) is 43.0 Å². The molecule has 2 aliphatic heterocycles. The number of likely N-dealkylation sites (tertiary alicyclic amines) is 2. The number of nitrogens with zero attached hydrogens (tertiary/aromatic N) is 4. The summed E-state index contributed by atoms with van der Waals surface area (Å²) in [5, 5.41) is 3.38. The Hall–Kier alpha value is -3.00. The van der Waals surface area contributed by atoms with E-state index in [0.29, 0.717) is 26.1 Å². The van der Waals surface area contributed by atoms with Gasteiger partial charge >= 0.3 is 0 Å². The number of pyridine rings is 2. The zero-order valence-electron chi connectivity index (χ0n) is 18.8. The van der Waals surface area contributed by atoms with E-state index >= 15 is 0 Å². The van der Waals surface area contributed by atoms with Crippen molar-refractivity contribution in [3.05, 3.63) is 47.4 Å². The monoisotopic (exact) mass is 437 g/mol. The summed E-state index contributed by atoms with van der Waals surface area (Å²) in [5.74, 6) is 0.960. The fourth-order valence-corrected chi connectivity index (χ4v) is 4.42. The molecule has 2 aromatic rings. The minimum atomic E-state index is -0.0588. The van der Waals surface area contributed by atoms with Crippen LogP contribution in [0.4, 0.5) is 11.5 Å². The molecule has 32 heavy (non-hydrogen) atoms. The SMILES string of the molecule is Cc1cc(Nc2ncccc2C)cc(C2CCCN2C(=O)COCCN2CCCC2=O)n1. The third-order valence-corrected chi connectivity index (χ3v) is 6.06. The zero-order valence-corrected chi connectivity index (χ0v) is 18.8. The molecule has 1 N–H and O–H groups in total. The van der Waals surface area contributed by atoms with E-state index in [4.69, 9.17) is 9.72 Å². The third kappa shape index (κ3) is 5.24. The van der Waals surface area contributed by atoms with Gasteiger partial charge < -0.3 is 19.9 Å². The maximum atomic E-state index is 12.9. The van der Waals surface area contributed by atoms with Gasteiger partial charge in [0.25, 0.3) is 0 Å². The Morgan fingerprint density at radius 3 is 2.91 bits per heavy atom. The highest BCUT2D eigenvalue weighted by molar-refractivity contribution is 5.79. The number of hydrogen-bond acceptors (Lipinski definition) is 6. The average molecular weight is 438 g/mol. The second-order valence-electron chi connectivity index (χ2n) is 8.50. The molecular weight excluding hydrogens is 406 g/mol. The highest BCUT2D eigenvalue weighted by atomic mass is 16.5. The smallest absolute Gasteiger partial charge is 0.249 e. The molecule has 0 spiro atoms. The topological polar surface area (TPSA) is 87.7 Å². The summed E-state index contributed by atoms with van der Waals surface area (Å²) in [6.45, 7) is 6.44. The molecule has 2 fully saturated rings. The second-order valence-corrected chi connectivity index (χ2v) is 8.50. The highest BCUT2D eigenvalue weighted by Crippen LogP contribution is 2.33. The Labute approximate surface area is 189 Å². The molecule has 1 unspecified atom stereocenters.